The molecule has 0 aliphatic carbocycles. The van der Waals surface area contributed by atoms with Gasteiger partial charge in [-0.05, 0) is 26.0 Å². The van der Waals surface area contributed by atoms with Crippen molar-refractivity contribution in [2.45, 2.75) is 13.8 Å². The van der Waals surface area contributed by atoms with Gasteiger partial charge >= 0.3 is 5.97 Å². The lowest BCUT2D eigenvalue weighted by Gasteiger charge is -2.35. The van der Waals surface area contributed by atoms with E-state index < -0.39 is 10.0 Å². The molecule has 6 nitrogen and oxygen atoms in total. The molecule has 7 heteroatoms. The Morgan fingerprint density at radius 2 is 1.77 bits per heavy atom. The highest BCUT2D eigenvalue weighted by Crippen LogP contribution is 2.23. The standard InChI is InChI=1S/C15H22N2O4S/c1-3-21-15(18)13-7-5-6-8-14(13)16-9-11-17(12-10-16)22(19,20)4-2/h5-8H,3-4,9-12H2,1-2H3. The van der Waals surface area contributed by atoms with Crippen molar-refractivity contribution in [2.75, 3.05) is 43.4 Å². The van der Waals surface area contributed by atoms with E-state index in [0.29, 0.717) is 38.3 Å². The molecule has 0 spiro atoms. The molecular weight excluding hydrogens is 304 g/mol. The largest absolute Gasteiger partial charge is 0.462 e. The van der Waals surface area contributed by atoms with E-state index in [1.807, 2.05) is 17.0 Å². The summed E-state index contributed by atoms with van der Waals surface area (Å²) in [5.41, 5.74) is 1.32. The second kappa shape index (κ2) is 7.11. The highest BCUT2D eigenvalue weighted by atomic mass is 32.2. The number of hydrogen-bond donors (Lipinski definition) is 0. The van der Waals surface area contributed by atoms with Gasteiger partial charge in [-0.1, -0.05) is 12.1 Å². The number of anilines is 1. The minimum atomic E-state index is -3.15. The van der Waals surface area contributed by atoms with E-state index >= 15 is 0 Å². The van der Waals surface area contributed by atoms with Crippen molar-refractivity contribution in [2.24, 2.45) is 0 Å². The van der Waals surface area contributed by atoms with E-state index in [-0.39, 0.29) is 11.7 Å². The number of nitrogens with zero attached hydrogens (tertiary/aromatic N) is 2. The number of esters is 1. The van der Waals surface area contributed by atoms with Crippen molar-refractivity contribution in [3.05, 3.63) is 29.8 Å². The molecule has 1 heterocycles. The third kappa shape index (κ3) is 3.59. The van der Waals surface area contributed by atoms with Crippen molar-refractivity contribution in [1.29, 1.82) is 0 Å². The van der Waals surface area contributed by atoms with Gasteiger partial charge in [0.2, 0.25) is 10.0 Å². The number of hydrogen-bond acceptors (Lipinski definition) is 5. The SMILES string of the molecule is CCOC(=O)c1ccccc1N1CCN(S(=O)(=O)CC)CC1. The highest BCUT2D eigenvalue weighted by Gasteiger charge is 2.27. The molecule has 0 saturated carbocycles. The molecule has 122 valence electrons. The minimum Gasteiger partial charge on any atom is -0.462 e. The Morgan fingerprint density at radius 3 is 2.36 bits per heavy atom. The van der Waals surface area contributed by atoms with E-state index in [2.05, 4.69) is 0 Å². The fourth-order valence-electron chi connectivity index (χ4n) is 2.52. The van der Waals surface area contributed by atoms with Crippen molar-refractivity contribution < 1.29 is 17.9 Å². The zero-order chi connectivity index (χ0) is 16.2. The van der Waals surface area contributed by atoms with Crippen LogP contribution in [0.5, 0.6) is 0 Å². The molecule has 0 atom stereocenters. The van der Waals surface area contributed by atoms with Gasteiger partial charge in [0, 0.05) is 26.2 Å². The molecular formula is C15H22N2O4S. The van der Waals surface area contributed by atoms with Gasteiger partial charge in [0.1, 0.15) is 0 Å². The molecule has 0 bridgehead atoms. The van der Waals surface area contributed by atoms with Gasteiger partial charge in [0.15, 0.2) is 0 Å². The molecule has 0 unspecified atom stereocenters. The average molecular weight is 326 g/mol. The summed E-state index contributed by atoms with van der Waals surface area (Å²) in [5.74, 6) is -0.228. The maximum Gasteiger partial charge on any atom is 0.340 e. The summed E-state index contributed by atoms with van der Waals surface area (Å²) >= 11 is 0. The first-order valence-electron chi connectivity index (χ1n) is 7.48. The molecule has 1 aromatic carbocycles. The van der Waals surface area contributed by atoms with Crippen LogP contribution in [0, 0.1) is 0 Å². The van der Waals surface area contributed by atoms with Gasteiger partial charge in [0.25, 0.3) is 0 Å². The van der Waals surface area contributed by atoms with Crippen LogP contribution in [0.2, 0.25) is 0 Å². The monoisotopic (exact) mass is 326 g/mol. The van der Waals surface area contributed by atoms with Crippen LogP contribution < -0.4 is 4.90 Å². The number of rotatable bonds is 5. The first kappa shape index (κ1) is 16.8. The third-order valence-electron chi connectivity index (χ3n) is 3.74. The zero-order valence-electron chi connectivity index (χ0n) is 13.0. The molecule has 1 aromatic rings. The molecule has 0 amide bonds. The van der Waals surface area contributed by atoms with Gasteiger partial charge in [-0.15, -0.1) is 0 Å². The fourth-order valence-corrected chi connectivity index (χ4v) is 3.61. The summed E-state index contributed by atoms with van der Waals surface area (Å²) in [6, 6.07) is 7.28. The van der Waals surface area contributed by atoms with Crippen molar-refractivity contribution >= 4 is 21.7 Å². The second-order valence-electron chi connectivity index (χ2n) is 5.02. The average Bonchev–Trinajstić information content (AvgIpc) is 2.55. The molecule has 0 N–H and O–H groups in total. The Labute approximate surface area is 131 Å². The Kier molecular flexibility index (Phi) is 5.42. The van der Waals surface area contributed by atoms with Crippen LogP contribution in [-0.2, 0) is 14.8 Å². The third-order valence-corrected chi connectivity index (χ3v) is 5.62. The summed E-state index contributed by atoms with van der Waals surface area (Å²) in [6.07, 6.45) is 0. The van der Waals surface area contributed by atoms with Crippen LogP contribution in [0.1, 0.15) is 24.2 Å². The van der Waals surface area contributed by atoms with Crippen molar-refractivity contribution in [3.8, 4) is 0 Å². The number of sulfonamides is 1. The number of benzene rings is 1. The summed E-state index contributed by atoms with van der Waals surface area (Å²) in [5, 5.41) is 0. The summed E-state index contributed by atoms with van der Waals surface area (Å²) < 4.78 is 30.4. The maximum absolute atomic E-state index is 12.0. The Morgan fingerprint density at radius 1 is 1.14 bits per heavy atom. The normalized spacial score (nSPS) is 16.5. The summed E-state index contributed by atoms with van der Waals surface area (Å²) in [4.78, 5) is 14.1. The minimum absolute atomic E-state index is 0.117. The Bertz CT molecular complexity index is 622. The number of para-hydroxylation sites is 1. The number of piperazine rings is 1. The number of ether oxygens (including phenoxy) is 1. The number of carbonyl (C=O) groups is 1. The molecule has 0 radical (unpaired) electrons. The lowest BCUT2D eigenvalue weighted by molar-refractivity contribution is 0.0527. The summed E-state index contributed by atoms with van der Waals surface area (Å²) in [6.45, 7) is 5.76. The molecule has 1 aliphatic heterocycles. The number of carbonyl (C=O) groups excluding carboxylic acids is 1. The first-order chi connectivity index (χ1) is 10.5. The Balaban J connectivity index is 2.14. The molecule has 1 aliphatic rings. The smallest absolute Gasteiger partial charge is 0.340 e. The van der Waals surface area contributed by atoms with Crippen molar-refractivity contribution in [1.82, 2.24) is 4.31 Å². The van der Waals surface area contributed by atoms with Crippen LogP contribution in [0.4, 0.5) is 5.69 Å². The van der Waals surface area contributed by atoms with E-state index in [9.17, 15) is 13.2 Å². The van der Waals surface area contributed by atoms with Gasteiger partial charge in [-0.25, -0.2) is 13.2 Å². The van der Waals surface area contributed by atoms with Gasteiger partial charge in [0.05, 0.1) is 23.6 Å². The molecule has 2 rings (SSSR count). The summed E-state index contributed by atoms with van der Waals surface area (Å²) in [7, 11) is -3.15. The second-order valence-corrected chi connectivity index (χ2v) is 7.28. The van der Waals surface area contributed by atoms with E-state index in [1.54, 1.807) is 26.0 Å². The van der Waals surface area contributed by atoms with Crippen molar-refractivity contribution in [3.63, 3.8) is 0 Å². The Hall–Kier alpha value is -1.60. The molecule has 22 heavy (non-hydrogen) atoms. The van der Waals surface area contributed by atoms with Crippen LogP contribution in [0.25, 0.3) is 0 Å². The predicted octanol–water partition coefficient (Wildman–Crippen LogP) is 1.34. The zero-order valence-corrected chi connectivity index (χ0v) is 13.8. The molecule has 1 saturated heterocycles. The van der Waals surface area contributed by atoms with Crippen LogP contribution in [-0.4, -0.2) is 57.2 Å². The highest BCUT2D eigenvalue weighted by molar-refractivity contribution is 7.89. The predicted molar refractivity (Wildman–Crippen MR) is 85.6 cm³/mol. The van der Waals surface area contributed by atoms with Gasteiger partial charge in [-0.3, -0.25) is 0 Å². The first-order valence-corrected chi connectivity index (χ1v) is 9.09. The van der Waals surface area contributed by atoms with Crippen LogP contribution >= 0.6 is 0 Å². The van der Waals surface area contributed by atoms with Crippen LogP contribution in [0.15, 0.2) is 24.3 Å². The molecule has 0 aromatic heterocycles. The topological polar surface area (TPSA) is 66.9 Å². The lowest BCUT2D eigenvalue weighted by atomic mass is 10.1. The van der Waals surface area contributed by atoms with Gasteiger partial charge in [-0.2, -0.15) is 4.31 Å². The van der Waals surface area contributed by atoms with Gasteiger partial charge < -0.3 is 9.64 Å². The molecule has 1 fully saturated rings. The van der Waals surface area contributed by atoms with E-state index in [1.165, 1.54) is 4.31 Å². The van der Waals surface area contributed by atoms with Crippen LogP contribution in [0.3, 0.4) is 0 Å². The van der Waals surface area contributed by atoms with E-state index in [0.717, 1.165) is 5.69 Å². The lowest BCUT2D eigenvalue weighted by Crippen LogP contribution is -2.49. The fraction of sp³-hybridized carbons (Fsp3) is 0.533. The quantitative estimate of drug-likeness (QED) is 0.764. The maximum atomic E-state index is 12.0. The van der Waals surface area contributed by atoms with E-state index in [4.69, 9.17) is 4.74 Å².